The van der Waals surface area contributed by atoms with Crippen molar-refractivity contribution in [3.05, 3.63) is 53.6 Å². The topological polar surface area (TPSA) is 63.6 Å². The van der Waals surface area contributed by atoms with Crippen LogP contribution in [0.15, 0.2) is 42.5 Å². The van der Waals surface area contributed by atoms with Crippen molar-refractivity contribution in [1.82, 2.24) is 0 Å². The third-order valence-corrected chi connectivity index (χ3v) is 5.60. The van der Waals surface area contributed by atoms with Crippen LogP contribution in [0.25, 0.3) is 6.08 Å². The minimum absolute atomic E-state index is 0.113. The molecular formula is C20H20O4. The SMILES string of the molecule is O=C(CC12C=CC(CC1)C2)OC1(C(=O)O)C=Cc2ccccc2C1. The first-order valence-corrected chi connectivity index (χ1v) is 8.42. The van der Waals surface area contributed by atoms with Crippen molar-refractivity contribution in [1.29, 1.82) is 0 Å². The zero-order valence-electron chi connectivity index (χ0n) is 13.4. The molecule has 1 aromatic carbocycles. The van der Waals surface area contributed by atoms with E-state index in [1.807, 2.05) is 24.3 Å². The Balaban J connectivity index is 1.54. The van der Waals surface area contributed by atoms with Crippen molar-refractivity contribution < 1.29 is 19.4 Å². The Labute approximate surface area is 140 Å². The van der Waals surface area contributed by atoms with Crippen molar-refractivity contribution in [2.75, 3.05) is 0 Å². The van der Waals surface area contributed by atoms with E-state index in [4.69, 9.17) is 4.74 Å². The van der Waals surface area contributed by atoms with E-state index in [2.05, 4.69) is 12.2 Å². The molecule has 2 bridgehead atoms. The Kier molecular flexibility index (Phi) is 3.37. The summed E-state index contributed by atoms with van der Waals surface area (Å²) >= 11 is 0. The van der Waals surface area contributed by atoms with E-state index in [9.17, 15) is 14.7 Å². The highest BCUT2D eigenvalue weighted by atomic mass is 16.6. The number of carboxylic acid groups (broad SMARTS) is 1. The van der Waals surface area contributed by atoms with Gasteiger partial charge >= 0.3 is 11.9 Å². The Morgan fingerprint density at radius 1 is 1.25 bits per heavy atom. The third-order valence-electron chi connectivity index (χ3n) is 5.60. The summed E-state index contributed by atoms with van der Waals surface area (Å²) in [5.41, 5.74) is 0.150. The number of ether oxygens (including phenoxy) is 1. The Hall–Kier alpha value is -2.36. The first-order chi connectivity index (χ1) is 11.5. The van der Waals surface area contributed by atoms with E-state index in [0.717, 1.165) is 30.4 Å². The van der Waals surface area contributed by atoms with Crippen LogP contribution in [0.3, 0.4) is 0 Å². The fourth-order valence-electron chi connectivity index (χ4n) is 4.29. The summed E-state index contributed by atoms with van der Waals surface area (Å²) in [5.74, 6) is -0.966. The first kappa shape index (κ1) is 15.2. The van der Waals surface area contributed by atoms with Crippen molar-refractivity contribution >= 4 is 18.0 Å². The molecule has 4 rings (SSSR count). The standard InChI is InChI=1S/C20H20O4/c21-17(13-19-8-5-14(11-19)6-9-19)24-20(18(22)23)10-7-15-3-1-2-4-16(15)12-20/h1-5,7-8,10,14H,6,9,11-13H2,(H,22,23). The van der Waals surface area contributed by atoms with E-state index >= 15 is 0 Å². The molecule has 124 valence electrons. The molecule has 0 spiro atoms. The van der Waals surface area contributed by atoms with Crippen LogP contribution in [0.4, 0.5) is 0 Å². The number of hydrogen-bond acceptors (Lipinski definition) is 3. The molecule has 24 heavy (non-hydrogen) atoms. The molecule has 0 aliphatic heterocycles. The summed E-state index contributed by atoms with van der Waals surface area (Å²) < 4.78 is 5.55. The summed E-state index contributed by atoms with van der Waals surface area (Å²) in [6, 6.07) is 7.59. The fourth-order valence-corrected chi connectivity index (χ4v) is 4.29. The van der Waals surface area contributed by atoms with Crippen LogP contribution in [0.1, 0.15) is 36.8 Å². The Morgan fingerprint density at radius 3 is 2.75 bits per heavy atom. The number of carboxylic acids is 1. The van der Waals surface area contributed by atoms with Gasteiger partial charge < -0.3 is 9.84 Å². The van der Waals surface area contributed by atoms with E-state index in [0.29, 0.717) is 5.92 Å². The maximum atomic E-state index is 12.5. The molecule has 3 aliphatic carbocycles. The Morgan fingerprint density at radius 2 is 2.08 bits per heavy atom. The number of carbonyl (C=O) groups excluding carboxylic acids is 1. The lowest BCUT2D eigenvalue weighted by Gasteiger charge is -2.31. The van der Waals surface area contributed by atoms with Crippen LogP contribution in [0.2, 0.25) is 0 Å². The van der Waals surface area contributed by atoms with Gasteiger partial charge in [0.1, 0.15) is 0 Å². The number of rotatable bonds is 4. The second kappa shape index (κ2) is 5.33. The lowest BCUT2D eigenvalue weighted by atomic mass is 9.83. The lowest BCUT2D eigenvalue weighted by molar-refractivity contribution is -0.174. The van der Waals surface area contributed by atoms with Gasteiger partial charge in [-0.1, -0.05) is 42.5 Å². The molecule has 1 saturated carbocycles. The van der Waals surface area contributed by atoms with E-state index < -0.39 is 17.5 Å². The van der Waals surface area contributed by atoms with Crippen molar-refractivity contribution in [2.24, 2.45) is 11.3 Å². The zero-order chi connectivity index (χ0) is 16.8. The molecule has 4 heteroatoms. The molecule has 4 nitrogen and oxygen atoms in total. The van der Waals surface area contributed by atoms with Gasteiger partial charge in [0.15, 0.2) is 0 Å². The third kappa shape index (κ3) is 2.46. The summed E-state index contributed by atoms with van der Waals surface area (Å²) in [5, 5.41) is 9.71. The molecule has 0 aromatic heterocycles. The molecule has 0 saturated heterocycles. The molecular weight excluding hydrogens is 304 g/mol. The molecule has 3 unspecified atom stereocenters. The van der Waals surface area contributed by atoms with Crippen LogP contribution in [-0.4, -0.2) is 22.6 Å². The molecule has 3 atom stereocenters. The number of benzene rings is 1. The quantitative estimate of drug-likeness (QED) is 0.681. The molecule has 1 N–H and O–H groups in total. The molecule has 0 amide bonds. The normalized spacial score (nSPS) is 32.6. The maximum Gasteiger partial charge on any atom is 0.352 e. The van der Waals surface area contributed by atoms with Gasteiger partial charge in [-0.05, 0) is 47.8 Å². The minimum Gasteiger partial charge on any atom is -0.478 e. The number of allylic oxidation sites excluding steroid dienone is 2. The predicted octanol–water partition coefficient (Wildman–Crippen LogP) is 3.37. The summed E-state index contributed by atoms with van der Waals surface area (Å²) in [7, 11) is 0. The predicted molar refractivity (Wildman–Crippen MR) is 89.2 cm³/mol. The number of esters is 1. The van der Waals surface area contributed by atoms with Crippen LogP contribution >= 0.6 is 0 Å². The van der Waals surface area contributed by atoms with Gasteiger partial charge in [-0.25, -0.2) is 4.79 Å². The molecule has 3 aliphatic rings. The molecule has 1 aromatic rings. The van der Waals surface area contributed by atoms with Gasteiger partial charge in [0.25, 0.3) is 0 Å². The highest BCUT2D eigenvalue weighted by molar-refractivity contribution is 5.87. The van der Waals surface area contributed by atoms with Gasteiger partial charge in [-0.2, -0.15) is 0 Å². The van der Waals surface area contributed by atoms with E-state index in [1.54, 1.807) is 6.08 Å². The average Bonchev–Trinajstić information content (AvgIpc) is 3.14. The fraction of sp³-hybridized carbons (Fsp3) is 0.400. The van der Waals surface area contributed by atoms with Crippen molar-refractivity contribution in [2.45, 2.75) is 37.7 Å². The smallest absolute Gasteiger partial charge is 0.352 e. The second-order valence-corrected chi connectivity index (χ2v) is 7.28. The highest BCUT2D eigenvalue weighted by Gasteiger charge is 2.46. The monoisotopic (exact) mass is 324 g/mol. The molecule has 0 radical (unpaired) electrons. The molecule has 0 heterocycles. The summed E-state index contributed by atoms with van der Waals surface area (Å²) in [6.45, 7) is 0. The van der Waals surface area contributed by atoms with Crippen LogP contribution in [0, 0.1) is 11.3 Å². The van der Waals surface area contributed by atoms with Gasteiger partial charge in [0.2, 0.25) is 5.60 Å². The van der Waals surface area contributed by atoms with Crippen LogP contribution < -0.4 is 0 Å². The van der Waals surface area contributed by atoms with Crippen LogP contribution in [-0.2, 0) is 20.7 Å². The maximum absolute atomic E-state index is 12.5. The second-order valence-electron chi connectivity index (χ2n) is 7.28. The van der Waals surface area contributed by atoms with Crippen molar-refractivity contribution in [3.63, 3.8) is 0 Å². The average molecular weight is 324 g/mol. The number of aliphatic carboxylic acids is 1. The number of hydrogen-bond donors (Lipinski definition) is 1. The minimum atomic E-state index is -1.59. The number of fused-ring (bicyclic) bond motifs is 3. The number of carbonyl (C=O) groups is 2. The first-order valence-electron chi connectivity index (χ1n) is 8.42. The lowest BCUT2D eigenvalue weighted by Crippen LogP contribution is -2.45. The largest absolute Gasteiger partial charge is 0.478 e. The van der Waals surface area contributed by atoms with Gasteiger partial charge in [-0.15, -0.1) is 0 Å². The van der Waals surface area contributed by atoms with E-state index in [-0.39, 0.29) is 18.3 Å². The van der Waals surface area contributed by atoms with Crippen LogP contribution in [0.5, 0.6) is 0 Å². The Bertz CT molecular complexity index is 763. The van der Waals surface area contributed by atoms with Crippen molar-refractivity contribution in [3.8, 4) is 0 Å². The molecule has 1 fully saturated rings. The zero-order valence-corrected chi connectivity index (χ0v) is 13.4. The highest BCUT2D eigenvalue weighted by Crippen LogP contribution is 2.51. The van der Waals surface area contributed by atoms with Gasteiger partial charge in [0.05, 0.1) is 6.42 Å². The van der Waals surface area contributed by atoms with Gasteiger partial charge in [0, 0.05) is 6.42 Å². The van der Waals surface area contributed by atoms with E-state index in [1.165, 1.54) is 6.08 Å². The van der Waals surface area contributed by atoms with Gasteiger partial charge in [-0.3, -0.25) is 4.79 Å². The summed E-state index contributed by atoms with van der Waals surface area (Å²) in [6.07, 6.45) is 11.1. The summed E-state index contributed by atoms with van der Waals surface area (Å²) in [4.78, 5) is 24.4.